The van der Waals surface area contributed by atoms with E-state index in [-0.39, 0.29) is 5.91 Å². The highest BCUT2D eigenvalue weighted by Gasteiger charge is 2.05. The standard InChI is InChI=1S/C18H19N3O2S/c22-18(13-24-11-10-23-14-6-2-1-3-7-14)19-12-17-20-15-8-4-5-9-16(15)21-17/h1-9H,10-13H2,(H,19,22)(H,20,21). The maximum atomic E-state index is 11.9. The van der Waals surface area contributed by atoms with Gasteiger partial charge < -0.3 is 15.0 Å². The molecule has 3 rings (SSSR count). The van der Waals surface area contributed by atoms with Crippen LogP contribution in [0.4, 0.5) is 0 Å². The van der Waals surface area contributed by atoms with Crippen LogP contribution in [0.1, 0.15) is 5.82 Å². The normalized spacial score (nSPS) is 10.7. The summed E-state index contributed by atoms with van der Waals surface area (Å²) >= 11 is 1.55. The molecule has 1 amide bonds. The van der Waals surface area contributed by atoms with Gasteiger partial charge in [0, 0.05) is 5.75 Å². The molecule has 0 saturated heterocycles. The molecule has 0 fully saturated rings. The first-order valence-electron chi connectivity index (χ1n) is 7.77. The summed E-state index contributed by atoms with van der Waals surface area (Å²) in [4.78, 5) is 19.5. The van der Waals surface area contributed by atoms with Crippen LogP contribution >= 0.6 is 11.8 Å². The molecule has 6 heteroatoms. The number of hydrogen-bond acceptors (Lipinski definition) is 4. The summed E-state index contributed by atoms with van der Waals surface area (Å²) in [5.74, 6) is 2.81. The quantitative estimate of drug-likeness (QED) is 0.618. The third-order valence-electron chi connectivity index (χ3n) is 3.36. The van der Waals surface area contributed by atoms with Crippen LogP contribution in [-0.4, -0.2) is 34.0 Å². The molecule has 0 unspecified atom stereocenters. The molecule has 1 heterocycles. The predicted octanol–water partition coefficient (Wildman–Crippen LogP) is 2.99. The number of H-pyrrole nitrogens is 1. The minimum Gasteiger partial charge on any atom is -0.493 e. The first-order valence-corrected chi connectivity index (χ1v) is 8.92. The van der Waals surface area contributed by atoms with Crippen molar-refractivity contribution in [3.63, 3.8) is 0 Å². The van der Waals surface area contributed by atoms with Crippen LogP contribution in [-0.2, 0) is 11.3 Å². The highest BCUT2D eigenvalue weighted by molar-refractivity contribution is 7.99. The average Bonchev–Trinajstić information content (AvgIpc) is 3.03. The van der Waals surface area contributed by atoms with Gasteiger partial charge in [-0.2, -0.15) is 0 Å². The largest absolute Gasteiger partial charge is 0.493 e. The number of imidazole rings is 1. The second-order valence-corrected chi connectivity index (χ2v) is 6.30. The topological polar surface area (TPSA) is 67.0 Å². The number of amides is 1. The van der Waals surface area contributed by atoms with E-state index in [2.05, 4.69) is 15.3 Å². The van der Waals surface area contributed by atoms with E-state index < -0.39 is 0 Å². The van der Waals surface area contributed by atoms with Gasteiger partial charge in [-0.3, -0.25) is 4.79 Å². The van der Waals surface area contributed by atoms with Crippen molar-refractivity contribution in [2.45, 2.75) is 6.54 Å². The second-order valence-electron chi connectivity index (χ2n) is 5.19. The zero-order chi connectivity index (χ0) is 16.6. The Balaban J connectivity index is 1.32. The maximum Gasteiger partial charge on any atom is 0.230 e. The van der Waals surface area contributed by atoms with Gasteiger partial charge in [-0.1, -0.05) is 30.3 Å². The van der Waals surface area contributed by atoms with E-state index in [1.807, 2.05) is 54.6 Å². The van der Waals surface area contributed by atoms with E-state index in [0.717, 1.165) is 28.4 Å². The van der Waals surface area contributed by atoms with Crippen LogP contribution in [0.2, 0.25) is 0 Å². The van der Waals surface area contributed by atoms with Gasteiger partial charge in [0.1, 0.15) is 11.6 Å². The molecule has 1 aromatic heterocycles. The van der Waals surface area contributed by atoms with Crippen LogP contribution in [0.5, 0.6) is 5.75 Å². The lowest BCUT2D eigenvalue weighted by Crippen LogP contribution is -2.25. The Kier molecular flexibility index (Phi) is 5.74. The highest BCUT2D eigenvalue weighted by Crippen LogP contribution is 2.11. The molecule has 0 aliphatic rings. The number of benzene rings is 2. The van der Waals surface area contributed by atoms with Crippen molar-refractivity contribution in [3.8, 4) is 5.75 Å². The van der Waals surface area contributed by atoms with Crippen LogP contribution in [0.15, 0.2) is 54.6 Å². The summed E-state index contributed by atoms with van der Waals surface area (Å²) in [6.45, 7) is 1.00. The first-order chi connectivity index (χ1) is 11.8. The van der Waals surface area contributed by atoms with Crippen LogP contribution < -0.4 is 10.1 Å². The molecule has 0 atom stereocenters. The van der Waals surface area contributed by atoms with E-state index in [0.29, 0.717) is 18.9 Å². The molecule has 124 valence electrons. The van der Waals surface area contributed by atoms with Crippen LogP contribution in [0.25, 0.3) is 11.0 Å². The fourth-order valence-electron chi connectivity index (χ4n) is 2.22. The van der Waals surface area contributed by atoms with E-state index in [9.17, 15) is 4.79 Å². The van der Waals surface area contributed by atoms with Crippen molar-refractivity contribution < 1.29 is 9.53 Å². The Morgan fingerprint density at radius 1 is 1.12 bits per heavy atom. The molecule has 0 bridgehead atoms. The van der Waals surface area contributed by atoms with Crippen LogP contribution in [0, 0.1) is 0 Å². The molecule has 0 spiro atoms. The Labute approximate surface area is 144 Å². The number of thioether (sulfide) groups is 1. The molecule has 0 radical (unpaired) electrons. The van der Waals surface area contributed by atoms with E-state index in [1.54, 1.807) is 11.8 Å². The minimum absolute atomic E-state index is 0.000155. The van der Waals surface area contributed by atoms with E-state index >= 15 is 0 Å². The van der Waals surface area contributed by atoms with Crippen molar-refractivity contribution in [1.82, 2.24) is 15.3 Å². The zero-order valence-electron chi connectivity index (χ0n) is 13.2. The van der Waals surface area contributed by atoms with Gasteiger partial charge in [0.25, 0.3) is 0 Å². The number of ether oxygens (including phenoxy) is 1. The number of carbonyl (C=O) groups is 1. The summed E-state index contributed by atoms with van der Waals surface area (Å²) in [6, 6.07) is 17.5. The summed E-state index contributed by atoms with van der Waals surface area (Å²) < 4.78 is 5.58. The number of nitrogens with zero attached hydrogens (tertiary/aromatic N) is 1. The van der Waals surface area contributed by atoms with Gasteiger partial charge in [0.15, 0.2) is 0 Å². The van der Waals surface area contributed by atoms with Crippen molar-refractivity contribution in [1.29, 1.82) is 0 Å². The molecule has 5 nitrogen and oxygen atoms in total. The number of carbonyl (C=O) groups excluding carboxylic acids is 1. The molecule has 0 aliphatic heterocycles. The van der Waals surface area contributed by atoms with Gasteiger partial charge >= 0.3 is 0 Å². The molecule has 0 aliphatic carbocycles. The van der Waals surface area contributed by atoms with Gasteiger partial charge in [0.05, 0.1) is 29.9 Å². The number of aromatic amines is 1. The van der Waals surface area contributed by atoms with Gasteiger partial charge in [-0.05, 0) is 24.3 Å². The molecular weight excluding hydrogens is 322 g/mol. The summed E-state index contributed by atoms with van der Waals surface area (Å²) in [5.41, 5.74) is 1.89. The first kappa shape index (κ1) is 16.4. The monoisotopic (exact) mass is 341 g/mol. The minimum atomic E-state index is 0.000155. The van der Waals surface area contributed by atoms with Crippen LogP contribution in [0.3, 0.4) is 0 Å². The number of nitrogens with one attached hydrogen (secondary N) is 2. The molecule has 0 saturated carbocycles. The van der Waals surface area contributed by atoms with Crippen molar-refractivity contribution in [3.05, 3.63) is 60.4 Å². The lowest BCUT2D eigenvalue weighted by molar-refractivity contribution is -0.118. The van der Waals surface area contributed by atoms with E-state index in [1.165, 1.54) is 0 Å². The number of fused-ring (bicyclic) bond motifs is 1. The summed E-state index contributed by atoms with van der Waals surface area (Å²) in [7, 11) is 0. The third kappa shape index (κ3) is 4.76. The van der Waals surface area contributed by atoms with E-state index in [4.69, 9.17) is 4.74 Å². The Hall–Kier alpha value is -2.47. The number of hydrogen-bond donors (Lipinski definition) is 2. The maximum absolute atomic E-state index is 11.9. The molecule has 2 N–H and O–H groups in total. The Morgan fingerprint density at radius 2 is 1.92 bits per heavy atom. The van der Waals surface area contributed by atoms with Crippen molar-refractivity contribution in [2.24, 2.45) is 0 Å². The van der Waals surface area contributed by atoms with Gasteiger partial charge in [-0.15, -0.1) is 11.8 Å². The lowest BCUT2D eigenvalue weighted by atomic mass is 10.3. The van der Waals surface area contributed by atoms with Crippen molar-refractivity contribution in [2.75, 3.05) is 18.1 Å². The Morgan fingerprint density at radius 3 is 2.75 bits per heavy atom. The van der Waals surface area contributed by atoms with Crippen molar-refractivity contribution >= 4 is 28.7 Å². The Bertz CT molecular complexity index is 756. The van der Waals surface area contributed by atoms with Gasteiger partial charge in [-0.25, -0.2) is 4.98 Å². The third-order valence-corrected chi connectivity index (χ3v) is 4.29. The fraction of sp³-hybridized carbons (Fsp3) is 0.222. The summed E-state index contributed by atoms with van der Waals surface area (Å²) in [6.07, 6.45) is 0. The summed E-state index contributed by atoms with van der Waals surface area (Å²) in [5, 5.41) is 2.87. The average molecular weight is 341 g/mol. The molecule has 24 heavy (non-hydrogen) atoms. The highest BCUT2D eigenvalue weighted by atomic mass is 32.2. The zero-order valence-corrected chi connectivity index (χ0v) is 14.0. The number of rotatable bonds is 8. The SMILES string of the molecule is O=C(CSCCOc1ccccc1)NCc1nc2ccccc2[nH]1. The smallest absolute Gasteiger partial charge is 0.230 e. The predicted molar refractivity (Wildman–Crippen MR) is 97.2 cm³/mol. The molecule has 2 aromatic carbocycles. The molecular formula is C18H19N3O2S. The second kappa shape index (κ2) is 8.40. The molecule has 3 aromatic rings. The van der Waals surface area contributed by atoms with Gasteiger partial charge in [0.2, 0.25) is 5.91 Å². The number of aromatic nitrogens is 2. The number of para-hydroxylation sites is 3. The lowest BCUT2D eigenvalue weighted by Gasteiger charge is -2.06. The fourth-order valence-corrected chi connectivity index (χ4v) is 2.86.